The average Bonchev–Trinajstić information content (AvgIpc) is 3.15. The zero-order valence-electron chi connectivity index (χ0n) is 34.3. The molecular formula is C53H57P. The van der Waals surface area contributed by atoms with Gasteiger partial charge in [0.2, 0.25) is 0 Å². The Morgan fingerprint density at radius 2 is 0.667 bits per heavy atom. The Morgan fingerprint density at radius 1 is 0.259 bits per heavy atom. The maximum Gasteiger partial charge on any atom is -0.00963 e. The second-order valence-corrected chi connectivity index (χ2v) is 16.4. The van der Waals surface area contributed by atoms with Crippen LogP contribution in [0.3, 0.4) is 0 Å². The lowest BCUT2D eigenvalue weighted by Crippen LogP contribution is -2.09. The van der Waals surface area contributed by atoms with E-state index in [-0.39, 0.29) is 0 Å². The number of aryl methyl sites for hydroxylation is 11. The minimum atomic E-state index is 0.767. The summed E-state index contributed by atoms with van der Waals surface area (Å²) in [5.74, 6) is 0. The fourth-order valence-electron chi connectivity index (χ4n) is 6.88. The van der Waals surface area contributed by atoms with Crippen LogP contribution in [0.15, 0.2) is 140 Å². The van der Waals surface area contributed by atoms with Gasteiger partial charge in [0.05, 0.1) is 0 Å². The van der Waals surface area contributed by atoms with E-state index in [1.807, 2.05) is 0 Å². The van der Waals surface area contributed by atoms with Gasteiger partial charge in [0.25, 0.3) is 0 Å². The fraction of sp³-hybridized carbons (Fsp3) is 0.208. The predicted molar refractivity (Wildman–Crippen MR) is 244 cm³/mol. The lowest BCUT2D eigenvalue weighted by atomic mass is 9.94. The van der Waals surface area contributed by atoms with Crippen molar-refractivity contribution in [2.45, 2.75) is 76.2 Å². The van der Waals surface area contributed by atoms with Gasteiger partial charge in [0.15, 0.2) is 0 Å². The summed E-state index contributed by atoms with van der Waals surface area (Å²) in [7, 11) is 0.767. The third-order valence-corrected chi connectivity index (χ3v) is 12.0. The molecule has 1 heteroatoms. The molecule has 0 fully saturated rings. The molecule has 0 spiro atoms. The lowest BCUT2D eigenvalue weighted by Gasteiger charge is -2.10. The molecule has 0 saturated heterocycles. The molecule has 8 rings (SSSR count). The Balaban J connectivity index is 0.000000146. The second-order valence-electron chi connectivity index (χ2n) is 15.1. The van der Waals surface area contributed by atoms with Crippen LogP contribution in [0.25, 0.3) is 32.3 Å². The van der Waals surface area contributed by atoms with E-state index in [1.54, 1.807) is 0 Å². The summed E-state index contributed by atoms with van der Waals surface area (Å²) in [6, 6.07) is 50.6. The van der Waals surface area contributed by atoms with E-state index >= 15 is 0 Å². The summed E-state index contributed by atoms with van der Waals surface area (Å²) in [4.78, 5) is 0. The fourth-order valence-corrected chi connectivity index (χ4v) is 8.04. The van der Waals surface area contributed by atoms with E-state index in [4.69, 9.17) is 0 Å². The summed E-state index contributed by atoms with van der Waals surface area (Å²) < 4.78 is 0. The molecule has 0 aliphatic carbocycles. The number of fused-ring (bicyclic) bond motifs is 5. The Hall–Kier alpha value is -5.03. The van der Waals surface area contributed by atoms with Crippen LogP contribution in [0, 0.1) is 76.2 Å². The first-order valence-electron chi connectivity index (χ1n) is 19.1. The molecule has 0 aromatic heterocycles. The molecule has 8 aromatic carbocycles. The van der Waals surface area contributed by atoms with Gasteiger partial charge in [-0.15, -0.1) is 0 Å². The molecule has 0 nitrogen and oxygen atoms in total. The number of rotatable bonds is 2. The highest BCUT2D eigenvalue weighted by atomic mass is 31.1. The van der Waals surface area contributed by atoms with Crippen molar-refractivity contribution < 1.29 is 0 Å². The van der Waals surface area contributed by atoms with Crippen molar-refractivity contribution in [2.75, 3.05) is 0 Å². The molecule has 0 N–H and O–H groups in total. The summed E-state index contributed by atoms with van der Waals surface area (Å²) >= 11 is 0. The van der Waals surface area contributed by atoms with Crippen molar-refractivity contribution >= 4 is 51.5 Å². The monoisotopic (exact) mass is 724 g/mol. The Labute approximate surface area is 327 Å². The van der Waals surface area contributed by atoms with Gasteiger partial charge < -0.3 is 0 Å². The number of hydrogen-bond acceptors (Lipinski definition) is 0. The molecule has 0 aliphatic rings. The third-order valence-electron chi connectivity index (χ3n) is 10.3. The first-order chi connectivity index (χ1) is 25.8. The van der Waals surface area contributed by atoms with Gasteiger partial charge in [-0.2, -0.15) is 0 Å². The van der Waals surface area contributed by atoms with Crippen LogP contribution in [0.2, 0.25) is 0 Å². The van der Waals surface area contributed by atoms with Crippen molar-refractivity contribution in [1.29, 1.82) is 0 Å². The molecule has 0 atom stereocenters. The van der Waals surface area contributed by atoms with Gasteiger partial charge in [0.1, 0.15) is 0 Å². The number of benzene rings is 8. The third kappa shape index (κ3) is 10.3. The van der Waals surface area contributed by atoms with Crippen LogP contribution in [0.5, 0.6) is 0 Å². The Morgan fingerprint density at radius 3 is 1.13 bits per heavy atom. The first kappa shape index (κ1) is 40.2. The average molecular weight is 725 g/mol. The van der Waals surface area contributed by atoms with Crippen molar-refractivity contribution in [3.63, 3.8) is 0 Å². The van der Waals surface area contributed by atoms with E-state index in [0.717, 1.165) is 8.58 Å². The van der Waals surface area contributed by atoms with Gasteiger partial charge in [-0.1, -0.05) is 170 Å². The maximum atomic E-state index is 2.32. The highest BCUT2D eigenvalue weighted by Crippen LogP contribution is 2.33. The van der Waals surface area contributed by atoms with Crippen LogP contribution in [0.1, 0.15) is 61.2 Å². The van der Waals surface area contributed by atoms with E-state index in [2.05, 4.69) is 216 Å². The largest absolute Gasteiger partial charge is 0.0616 e. The second kappa shape index (κ2) is 18.3. The molecule has 0 radical (unpaired) electrons. The van der Waals surface area contributed by atoms with Gasteiger partial charge in [-0.05, 0) is 158 Å². The molecule has 0 bridgehead atoms. The lowest BCUT2D eigenvalue weighted by molar-refractivity contribution is 1.30. The highest BCUT2D eigenvalue weighted by molar-refractivity contribution is 7.55. The standard InChI is InChI=1S/C19H14.C16H19P.2C9H12/c1-13-12-19-16-8-3-2-6-14(16)10-11-18(19)17-9-5-4-7-15(13)17;1-11-5-7-15(13(3)9-11)17-16-8-6-12(2)10-14(16)4;2*1-7-4-5-8(2)9(3)6-7/h2-12H,1H3;5-10,17H,1-4H3;2*4-6H,1-3H3. The van der Waals surface area contributed by atoms with Crippen molar-refractivity contribution in [2.24, 2.45) is 0 Å². The van der Waals surface area contributed by atoms with E-state index in [0.29, 0.717) is 0 Å². The van der Waals surface area contributed by atoms with Gasteiger partial charge >= 0.3 is 0 Å². The van der Waals surface area contributed by atoms with Crippen LogP contribution in [-0.2, 0) is 0 Å². The van der Waals surface area contributed by atoms with E-state index < -0.39 is 0 Å². The molecule has 0 heterocycles. The Kier molecular flexibility index (Phi) is 13.6. The summed E-state index contributed by atoms with van der Waals surface area (Å²) in [6.45, 7) is 23.7. The van der Waals surface area contributed by atoms with Crippen LogP contribution >= 0.6 is 8.58 Å². The summed E-state index contributed by atoms with van der Waals surface area (Å²) in [6.07, 6.45) is 0. The summed E-state index contributed by atoms with van der Waals surface area (Å²) in [5.41, 5.74) is 15.1. The minimum absolute atomic E-state index is 0.767. The van der Waals surface area contributed by atoms with Gasteiger partial charge in [-0.3, -0.25) is 0 Å². The quantitative estimate of drug-likeness (QED) is 0.123. The van der Waals surface area contributed by atoms with Gasteiger partial charge in [-0.25, -0.2) is 0 Å². The molecule has 8 aromatic rings. The Bertz CT molecular complexity index is 2440. The molecule has 0 saturated carbocycles. The zero-order chi connectivity index (χ0) is 38.9. The van der Waals surface area contributed by atoms with Gasteiger partial charge in [0, 0.05) is 0 Å². The van der Waals surface area contributed by atoms with Crippen LogP contribution < -0.4 is 10.6 Å². The normalized spacial score (nSPS) is 10.6. The molecule has 274 valence electrons. The number of hydrogen-bond donors (Lipinski definition) is 0. The molecule has 0 amide bonds. The topological polar surface area (TPSA) is 0 Å². The van der Waals surface area contributed by atoms with Crippen molar-refractivity contribution in [3.05, 3.63) is 201 Å². The van der Waals surface area contributed by atoms with Crippen LogP contribution in [0.4, 0.5) is 0 Å². The van der Waals surface area contributed by atoms with Crippen molar-refractivity contribution in [3.8, 4) is 0 Å². The highest BCUT2D eigenvalue weighted by Gasteiger charge is 2.07. The first-order valence-corrected chi connectivity index (χ1v) is 20.1. The SMILES string of the molecule is Cc1cc2c3ccccc3ccc2c2ccccc12.Cc1ccc(C)c(C)c1.Cc1ccc(C)c(C)c1.Cc1ccc(Pc2ccc(C)cc2C)c(C)c1. The zero-order valence-corrected chi connectivity index (χ0v) is 35.3. The summed E-state index contributed by atoms with van der Waals surface area (Å²) in [5, 5.41) is 11.0. The molecule has 0 aliphatic heterocycles. The minimum Gasteiger partial charge on any atom is -0.0616 e. The maximum absolute atomic E-state index is 2.32. The smallest absolute Gasteiger partial charge is 0.00963 e. The molecule has 54 heavy (non-hydrogen) atoms. The predicted octanol–water partition coefficient (Wildman–Crippen LogP) is 14.2. The molecular weight excluding hydrogens is 668 g/mol. The van der Waals surface area contributed by atoms with Crippen molar-refractivity contribution in [1.82, 2.24) is 0 Å². The van der Waals surface area contributed by atoms with Crippen LogP contribution in [-0.4, -0.2) is 0 Å². The molecule has 0 unspecified atom stereocenters. The van der Waals surface area contributed by atoms with E-state index in [1.165, 1.54) is 104 Å². The van der Waals surface area contributed by atoms with E-state index in [9.17, 15) is 0 Å².